The number of halogens is 6. The SMILES string of the molecule is O=C(NC1=NN(c2ccc(C(=O)C(F)(F)F)cc2)C(c2ccccc2)C1)C(F)(F)F. The molecular weight excluding hydrogens is 416 g/mol. The van der Waals surface area contributed by atoms with Gasteiger partial charge in [-0.25, -0.2) is 0 Å². The van der Waals surface area contributed by atoms with E-state index in [-0.39, 0.29) is 17.9 Å². The molecule has 1 atom stereocenters. The molecule has 0 saturated heterocycles. The summed E-state index contributed by atoms with van der Waals surface area (Å²) >= 11 is 0. The molecule has 1 unspecified atom stereocenters. The van der Waals surface area contributed by atoms with Gasteiger partial charge in [0.1, 0.15) is 5.84 Å². The van der Waals surface area contributed by atoms with Gasteiger partial charge in [-0.15, -0.1) is 0 Å². The van der Waals surface area contributed by atoms with Crippen molar-refractivity contribution in [1.29, 1.82) is 0 Å². The Bertz CT molecular complexity index is 969. The minimum atomic E-state index is -5.10. The third-order valence-electron chi connectivity index (χ3n) is 4.26. The van der Waals surface area contributed by atoms with Gasteiger partial charge in [0.05, 0.1) is 11.7 Å². The maximum absolute atomic E-state index is 12.6. The van der Waals surface area contributed by atoms with Crippen LogP contribution in [0.5, 0.6) is 0 Å². The van der Waals surface area contributed by atoms with Crippen LogP contribution >= 0.6 is 0 Å². The number of ketones is 1. The second kappa shape index (κ2) is 7.81. The summed E-state index contributed by atoms with van der Waals surface area (Å²) in [5.74, 6) is -4.45. The molecule has 1 amide bonds. The number of alkyl halides is 6. The highest BCUT2D eigenvalue weighted by Gasteiger charge is 2.41. The molecule has 0 radical (unpaired) electrons. The fraction of sp³-hybridized carbons (Fsp3) is 0.211. The number of hydrogen-bond donors (Lipinski definition) is 1. The topological polar surface area (TPSA) is 61.8 Å². The Morgan fingerprint density at radius 2 is 1.50 bits per heavy atom. The van der Waals surface area contributed by atoms with Gasteiger partial charge in [-0.2, -0.15) is 31.4 Å². The molecule has 0 aromatic heterocycles. The van der Waals surface area contributed by atoms with Gasteiger partial charge in [-0.05, 0) is 29.8 Å². The quantitative estimate of drug-likeness (QED) is 0.582. The zero-order valence-electron chi connectivity index (χ0n) is 15.0. The molecule has 5 nitrogen and oxygen atoms in total. The number of hydrogen-bond acceptors (Lipinski definition) is 4. The van der Waals surface area contributed by atoms with Gasteiger partial charge in [0, 0.05) is 12.0 Å². The predicted molar refractivity (Wildman–Crippen MR) is 94.7 cm³/mol. The van der Waals surface area contributed by atoms with E-state index in [1.54, 1.807) is 35.6 Å². The Morgan fingerprint density at radius 3 is 2.03 bits per heavy atom. The van der Waals surface area contributed by atoms with E-state index >= 15 is 0 Å². The number of anilines is 1. The van der Waals surface area contributed by atoms with Gasteiger partial charge in [0.2, 0.25) is 0 Å². The summed E-state index contributed by atoms with van der Waals surface area (Å²) in [7, 11) is 0. The van der Waals surface area contributed by atoms with Crippen molar-refractivity contribution >= 4 is 23.2 Å². The van der Waals surface area contributed by atoms with Crippen LogP contribution in [-0.2, 0) is 4.79 Å². The first-order valence-corrected chi connectivity index (χ1v) is 8.48. The van der Waals surface area contributed by atoms with Gasteiger partial charge in [0.15, 0.2) is 0 Å². The van der Waals surface area contributed by atoms with Crippen molar-refractivity contribution in [3.63, 3.8) is 0 Å². The molecule has 1 aliphatic rings. The number of Topliss-reactive ketones (excluding diaryl/α,β-unsaturated/α-hetero) is 1. The summed E-state index contributed by atoms with van der Waals surface area (Å²) in [6.07, 6.45) is -10.2. The number of amides is 1. The Hall–Kier alpha value is -3.37. The number of carbonyl (C=O) groups is 2. The number of nitrogens with one attached hydrogen (secondary N) is 1. The van der Waals surface area contributed by atoms with Crippen molar-refractivity contribution in [2.24, 2.45) is 5.10 Å². The zero-order valence-corrected chi connectivity index (χ0v) is 15.0. The average molecular weight is 429 g/mol. The van der Waals surface area contributed by atoms with E-state index in [2.05, 4.69) is 5.10 Å². The Morgan fingerprint density at radius 1 is 0.900 bits per heavy atom. The fourth-order valence-electron chi connectivity index (χ4n) is 2.89. The lowest BCUT2D eigenvalue weighted by molar-refractivity contribution is -0.171. The third-order valence-corrected chi connectivity index (χ3v) is 4.26. The van der Waals surface area contributed by atoms with Gasteiger partial charge >= 0.3 is 18.3 Å². The van der Waals surface area contributed by atoms with Crippen LogP contribution in [-0.4, -0.2) is 29.9 Å². The lowest BCUT2D eigenvalue weighted by Crippen LogP contribution is -2.40. The highest BCUT2D eigenvalue weighted by atomic mass is 19.4. The number of amidine groups is 1. The average Bonchev–Trinajstić information content (AvgIpc) is 3.10. The number of nitrogens with zero attached hydrogens (tertiary/aromatic N) is 2. The van der Waals surface area contributed by atoms with Gasteiger partial charge in [0.25, 0.3) is 5.78 Å². The molecule has 0 spiro atoms. The molecule has 30 heavy (non-hydrogen) atoms. The molecule has 158 valence electrons. The summed E-state index contributed by atoms with van der Waals surface area (Å²) in [6.45, 7) is 0. The van der Waals surface area contributed by atoms with Crippen LogP contribution in [0, 0.1) is 0 Å². The number of carbonyl (C=O) groups excluding carboxylic acids is 2. The lowest BCUT2D eigenvalue weighted by Gasteiger charge is -2.24. The molecule has 0 aliphatic carbocycles. The monoisotopic (exact) mass is 429 g/mol. The molecule has 2 aromatic carbocycles. The Balaban J connectivity index is 1.91. The van der Waals surface area contributed by atoms with Crippen LogP contribution in [0.25, 0.3) is 0 Å². The van der Waals surface area contributed by atoms with Crippen molar-refractivity contribution in [2.45, 2.75) is 24.8 Å². The van der Waals surface area contributed by atoms with Crippen LogP contribution < -0.4 is 10.3 Å². The molecule has 2 aromatic rings. The van der Waals surface area contributed by atoms with Crippen molar-refractivity contribution < 1.29 is 35.9 Å². The highest BCUT2D eigenvalue weighted by Crippen LogP contribution is 2.35. The summed E-state index contributed by atoms with van der Waals surface area (Å²) in [4.78, 5) is 22.6. The van der Waals surface area contributed by atoms with Crippen LogP contribution in [0.2, 0.25) is 0 Å². The normalized spacial score (nSPS) is 16.9. The third kappa shape index (κ3) is 4.61. The second-order valence-electron chi connectivity index (χ2n) is 6.35. The van der Waals surface area contributed by atoms with Crippen molar-refractivity contribution in [3.8, 4) is 0 Å². The minimum Gasteiger partial charge on any atom is -0.305 e. The lowest BCUT2D eigenvalue weighted by atomic mass is 10.0. The Labute approximate surface area is 166 Å². The molecule has 1 heterocycles. The van der Waals surface area contributed by atoms with E-state index in [1.165, 1.54) is 17.1 Å². The van der Waals surface area contributed by atoms with Gasteiger partial charge in [-0.1, -0.05) is 30.3 Å². The van der Waals surface area contributed by atoms with E-state index in [1.807, 2.05) is 0 Å². The second-order valence-corrected chi connectivity index (χ2v) is 6.35. The van der Waals surface area contributed by atoms with Crippen LogP contribution in [0.4, 0.5) is 32.0 Å². The summed E-state index contributed by atoms with van der Waals surface area (Å²) in [5.41, 5.74) is 0.308. The smallest absolute Gasteiger partial charge is 0.305 e. The van der Waals surface area contributed by atoms with Crippen LogP contribution in [0.3, 0.4) is 0 Å². The fourth-order valence-corrected chi connectivity index (χ4v) is 2.89. The molecule has 0 saturated carbocycles. The maximum atomic E-state index is 12.6. The first-order chi connectivity index (χ1) is 14.0. The predicted octanol–water partition coefficient (Wildman–Crippen LogP) is 4.38. The molecule has 11 heteroatoms. The van der Waals surface area contributed by atoms with Crippen molar-refractivity contribution in [3.05, 3.63) is 65.7 Å². The summed E-state index contributed by atoms with van der Waals surface area (Å²) in [5, 5.41) is 6.99. The summed E-state index contributed by atoms with van der Waals surface area (Å²) in [6, 6.07) is 12.2. The minimum absolute atomic E-state index is 0.0743. The molecule has 0 bridgehead atoms. The molecular formula is C19H13F6N3O2. The molecule has 1 aliphatic heterocycles. The van der Waals surface area contributed by atoms with Crippen LogP contribution in [0.15, 0.2) is 59.7 Å². The molecule has 3 rings (SSSR count). The highest BCUT2D eigenvalue weighted by molar-refractivity contribution is 6.02. The molecule has 0 fully saturated rings. The van der Waals surface area contributed by atoms with Gasteiger partial charge in [-0.3, -0.25) is 14.6 Å². The first-order valence-electron chi connectivity index (χ1n) is 8.48. The number of hydrazone groups is 1. The Kier molecular flexibility index (Phi) is 5.55. The first kappa shape index (κ1) is 21.3. The van der Waals surface area contributed by atoms with Crippen molar-refractivity contribution in [2.75, 3.05) is 5.01 Å². The van der Waals surface area contributed by atoms with E-state index in [0.717, 1.165) is 12.1 Å². The summed E-state index contributed by atoms with van der Waals surface area (Å²) < 4.78 is 75.4. The number of rotatable bonds is 3. The standard InChI is InChI=1S/C19H13F6N3O2/c20-18(21,22)16(29)12-6-8-13(9-7-12)28-14(11-4-2-1-3-5-11)10-15(27-28)26-17(30)19(23,24)25/h1-9,14H,10H2,(H,26,27,30). The van der Waals surface area contributed by atoms with Gasteiger partial charge < -0.3 is 5.32 Å². The van der Waals surface area contributed by atoms with Crippen molar-refractivity contribution in [1.82, 2.24) is 5.32 Å². The largest absolute Gasteiger partial charge is 0.471 e. The van der Waals surface area contributed by atoms with E-state index < -0.39 is 35.6 Å². The van der Waals surface area contributed by atoms with E-state index in [0.29, 0.717) is 5.56 Å². The zero-order chi connectivity index (χ0) is 22.1. The van der Waals surface area contributed by atoms with Crippen LogP contribution in [0.1, 0.15) is 28.4 Å². The molecule has 1 N–H and O–H groups in total. The van der Waals surface area contributed by atoms with E-state index in [9.17, 15) is 35.9 Å². The number of benzene rings is 2. The van der Waals surface area contributed by atoms with E-state index in [4.69, 9.17) is 0 Å². The maximum Gasteiger partial charge on any atom is 0.471 e.